The van der Waals surface area contributed by atoms with Gasteiger partial charge in [-0.05, 0) is 24.1 Å². The van der Waals surface area contributed by atoms with Crippen LogP contribution in [0.25, 0.3) is 22.4 Å². The first-order chi connectivity index (χ1) is 10.3. The summed E-state index contributed by atoms with van der Waals surface area (Å²) in [7, 11) is 0. The van der Waals surface area contributed by atoms with Gasteiger partial charge < -0.3 is 0 Å². The van der Waals surface area contributed by atoms with Crippen LogP contribution in [-0.4, -0.2) is 15.6 Å². The number of hydrogen-bond acceptors (Lipinski definition) is 2. The third-order valence-corrected chi connectivity index (χ3v) is 3.85. The lowest BCUT2D eigenvalue weighted by molar-refractivity contribution is 0.909. The summed E-state index contributed by atoms with van der Waals surface area (Å²) in [6.45, 7) is 2.73. The van der Waals surface area contributed by atoms with Crippen molar-refractivity contribution >= 4 is 5.84 Å². The van der Waals surface area contributed by atoms with Crippen molar-refractivity contribution in [3.05, 3.63) is 66.4 Å². The molecule has 0 saturated heterocycles. The van der Waals surface area contributed by atoms with Crippen LogP contribution < -0.4 is 0 Å². The standard InChI is InChI=1S/C18H15N3/c1-13-19-12-17-11-18(20-21(13)17)16-9-7-15(8-10-16)14-5-3-2-4-6-14/h2-11H,12H2,1H3. The second kappa shape index (κ2) is 4.70. The number of fused-ring (bicyclic) bond motifs is 1. The van der Waals surface area contributed by atoms with E-state index < -0.39 is 0 Å². The van der Waals surface area contributed by atoms with Gasteiger partial charge in [0, 0.05) is 5.56 Å². The molecule has 0 fully saturated rings. The second-order valence-corrected chi connectivity index (χ2v) is 5.24. The maximum Gasteiger partial charge on any atom is 0.122 e. The van der Waals surface area contributed by atoms with Gasteiger partial charge >= 0.3 is 0 Å². The van der Waals surface area contributed by atoms with Crippen LogP contribution in [0.1, 0.15) is 12.6 Å². The molecular weight excluding hydrogens is 258 g/mol. The molecule has 1 aliphatic heterocycles. The minimum atomic E-state index is 0.737. The maximum absolute atomic E-state index is 4.63. The first-order valence-corrected chi connectivity index (χ1v) is 7.07. The second-order valence-electron chi connectivity index (χ2n) is 5.24. The molecule has 3 aromatic rings. The van der Waals surface area contributed by atoms with Crippen LogP contribution >= 0.6 is 0 Å². The van der Waals surface area contributed by atoms with Gasteiger partial charge in [0.2, 0.25) is 0 Å². The monoisotopic (exact) mass is 273 g/mol. The van der Waals surface area contributed by atoms with Crippen LogP contribution in [0, 0.1) is 0 Å². The van der Waals surface area contributed by atoms with Crippen molar-refractivity contribution in [3.63, 3.8) is 0 Å². The summed E-state index contributed by atoms with van der Waals surface area (Å²) in [5, 5.41) is 4.63. The normalized spacial score (nSPS) is 13.1. The van der Waals surface area contributed by atoms with E-state index in [1.54, 1.807) is 0 Å². The van der Waals surface area contributed by atoms with Gasteiger partial charge in [0.15, 0.2) is 0 Å². The zero-order valence-electron chi connectivity index (χ0n) is 11.8. The highest BCUT2D eigenvalue weighted by atomic mass is 15.3. The summed E-state index contributed by atoms with van der Waals surface area (Å²) in [6, 6.07) is 21.1. The Bertz CT molecular complexity index is 811. The molecule has 1 aromatic heterocycles. The van der Waals surface area contributed by atoms with Crippen molar-refractivity contribution in [2.45, 2.75) is 13.5 Å². The Morgan fingerprint density at radius 3 is 2.24 bits per heavy atom. The van der Waals surface area contributed by atoms with Crippen molar-refractivity contribution in [2.24, 2.45) is 4.99 Å². The number of hydrogen-bond donors (Lipinski definition) is 0. The molecule has 0 N–H and O–H groups in total. The van der Waals surface area contributed by atoms with E-state index in [0.717, 1.165) is 29.3 Å². The lowest BCUT2D eigenvalue weighted by Crippen LogP contribution is -2.05. The van der Waals surface area contributed by atoms with Crippen molar-refractivity contribution in [3.8, 4) is 22.4 Å². The molecule has 0 atom stereocenters. The summed E-state index contributed by atoms with van der Waals surface area (Å²) in [4.78, 5) is 4.37. The first kappa shape index (κ1) is 12.1. The quantitative estimate of drug-likeness (QED) is 0.694. The van der Waals surface area contributed by atoms with E-state index in [-0.39, 0.29) is 0 Å². The van der Waals surface area contributed by atoms with Gasteiger partial charge in [0.05, 0.1) is 17.9 Å². The molecule has 3 nitrogen and oxygen atoms in total. The van der Waals surface area contributed by atoms with Crippen molar-refractivity contribution in [1.29, 1.82) is 0 Å². The maximum atomic E-state index is 4.63. The zero-order chi connectivity index (χ0) is 14.2. The van der Waals surface area contributed by atoms with Crippen molar-refractivity contribution < 1.29 is 0 Å². The minimum Gasteiger partial charge on any atom is -0.264 e. The fourth-order valence-electron chi connectivity index (χ4n) is 2.68. The van der Waals surface area contributed by atoms with E-state index in [4.69, 9.17) is 0 Å². The molecular formula is C18H15N3. The highest BCUT2D eigenvalue weighted by molar-refractivity contribution is 5.84. The molecule has 0 saturated carbocycles. The smallest absolute Gasteiger partial charge is 0.122 e. The molecule has 0 bridgehead atoms. The largest absolute Gasteiger partial charge is 0.264 e. The highest BCUT2D eigenvalue weighted by Crippen LogP contribution is 2.25. The molecule has 2 heterocycles. The van der Waals surface area contributed by atoms with Crippen molar-refractivity contribution in [2.75, 3.05) is 0 Å². The summed E-state index contributed by atoms with van der Waals surface area (Å²) in [5.41, 5.74) is 5.78. The summed E-state index contributed by atoms with van der Waals surface area (Å²) < 4.78 is 1.93. The third kappa shape index (κ3) is 2.07. The van der Waals surface area contributed by atoms with E-state index in [1.807, 2.05) is 17.7 Å². The zero-order valence-corrected chi connectivity index (χ0v) is 11.8. The summed E-state index contributed by atoms with van der Waals surface area (Å²) in [5.74, 6) is 0.970. The Morgan fingerprint density at radius 2 is 1.52 bits per heavy atom. The molecule has 3 heteroatoms. The number of aromatic nitrogens is 2. The molecule has 102 valence electrons. The Kier molecular flexibility index (Phi) is 2.71. The van der Waals surface area contributed by atoms with Gasteiger partial charge in [-0.15, -0.1) is 0 Å². The van der Waals surface area contributed by atoms with E-state index in [9.17, 15) is 0 Å². The average molecular weight is 273 g/mol. The topological polar surface area (TPSA) is 30.2 Å². The van der Waals surface area contributed by atoms with Gasteiger partial charge in [-0.25, -0.2) is 4.68 Å². The lowest BCUT2D eigenvalue weighted by atomic mass is 10.0. The van der Waals surface area contributed by atoms with Gasteiger partial charge in [-0.3, -0.25) is 4.99 Å². The number of nitrogens with zero attached hydrogens (tertiary/aromatic N) is 3. The van der Waals surface area contributed by atoms with Crippen LogP contribution in [0.15, 0.2) is 65.7 Å². The van der Waals surface area contributed by atoms with Gasteiger partial charge in [-0.1, -0.05) is 54.6 Å². The first-order valence-electron chi connectivity index (χ1n) is 7.07. The van der Waals surface area contributed by atoms with Crippen LogP contribution in [0.4, 0.5) is 0 Å². The Morgan fingerprint density at radius 1 is 0.857 bits per heavy atom. The van der Waals surface area contributed by atoms with Crippen LogP contribution in [0.5, 0.6) is 0 Å². The van der Waals surface area contributed by atoms with Crippen LogP contribution in [0.2, 0.25) is 0 Å². The summed E-state index contributed by atoms with van der Waals surface area (Å²) in [6.07, 6.45) is 0. The van der Waals surface area contributed by atoms with Crippen LogP contribution in [0.3, 0.4) is 0 Å². The minimum absolute atomic E-state index is 0.737. The van der Waals surface area contributed by atoms with Gasteiger partial charge in [0.1, 0.15) is 5.84 Å². The predicted molar refractivity (Wildman–Crippen MR) is 85.3 cm³/mol. The van der Waals surface area contributed by atoms with Crippen LogP contribution in [-0.2, 0) is 6.54 Å². The molecule has 2 aromatic carbocycles. The molecule has 0 amide bonds. The fourth-order valence-corrected chi connectivity index (χ4v) is 2.68. The number of rotatable bonds is 2. The van der Waals surface area contributed by atoms with E-state index >= 15 is 0 Å². The fraction of sp³-hybridized carbons (Fsp3) is 0.111. The van der Waals surface area contributed by atoms with E-state index in [1.165, 1.54) is 11.1 Å². The van der Waals surface area contributed by atoms with E-state index in [2.05, 4.69) is 64.7 Å². The predicted octanol–water partition coefficient (Wildman–Crippen LogP) is 4.00. The molecule has 0 unspecified atom stereocenters. The molecule has 0 spiro atoms. The van der Waals surface area contributed by atoms with E-state index in [0.29, 0.717) is 0 Å². The Hall–Kier alpha value is -2.68. The SMILES string of the molecule is CC1=NCc2cc(-c3ccc(-c4ccccc4)cc3)nn21. The van der Waals surface area contributed by atoms with Gasteiger partial charge in [-0.2, -0.15) is 5.10 Å². The van der Waals surface area contributed by atoms with Crippen molar-refractivity contribution in [1.82, 2.24) is 9.78 Å². The number of benzene rings is 2. The van der Waals surface area contributed by atoms with Gasteiger partial charge in [0.25, 0.3) is 0 Å². The molecule has 21 heavy (non-hydrogen) atoms. The molecule has 0 aliphatic carbocycles. The molecule has 0 radical (unpaired) electrons. The average Bonchev–Trinajstić information content (AvgIpc) is 3.11. The third-order valence-electron chi connectivity index (χ3n) is 3.85. The molecule has 1 aliphatic rings. The Balaban J connectivity index is 1.68. The molecule has 4 rings (SSSR count). The lowest BCUT2D eigenvalue weighted by Gasteiger charge is -2.03. The Labute approximate surface area is 123 Å². The number of aliphatic imine (C=N–C) groups is 1. The summed E-state index contributed by atoms with van der Waals surface area (Å²) >= 11 is 0. The highest BCUT2D eigenvalue weighted by Gasteiger charge is 2.15.